The van der Waals surface area contributed by atoms with Crippen LogP contribution in [0.1, 0.15) is 25.8 Å². The zero-order valence-electron chi connectivity index (χ0n) is 9.10. The summed E-state index contributed by atoms with van der Waals surface area (Å²) in [5, 5.41) is 9.75. The predicted octanol–water partition coefficient (Wildman–Crippen LogP) is 3.20. The van der Waals surface area contributed by atoms with Crippen molar-refractivity contribution in [2.75, 3.05) is 0 Å². The first-order chi connectivity index (χ1) is 7.09. The predicted molar refractivity (Wildman–Crippen MR) is 61.5 cm³/mol. The van der Waals surface area contributed by atoms with E-state index in [1.165, 1.54) is 0 Å². The summed E-state index contributed by atoms with van der Waals surface area (Å²) in [6, 6.07) is 9.32. The van der Waals surface area contributed by atoms with Crippen molar-refractivity contribution < 1.29 is 9.90 Å². The number of carbonyl (C=O) groups is 1. The SMILES string of the molecule is CC(=O)CC(C)/C=C(\O)c1ccccc1. The minimum absolute atomic E-state index is 0.0720. The largest absolute Gasteiger partial charge is 0.508 e. The van der Waals surface area contributed by atoms with E-state index in [9.17, 15) is 9.90 Å². The first kappa shape index (κ1) is 11.5. The van der Waals surface area contributed by atoms with Crippen LogP contribution in [0.15, 0.2) is 36.4 Å². The molecule has 0 heterocycles. The average Bonchev–Trinajstić information content (AvgIpc) is 2.17. The number of hydrogen-bond donors (Lipinski definition) is 1. The summed E-state index contributed by atoms with van der Waals surface area (Å²) in [5.41, 5.74) is 0.785. The molecule has 0 radical (unpaired) electrons. The van der Waals surface area contributed by atoms with Crippen molar-refractivity contribution in [2.24, 2.45) is 5.92 Å². The van der Waals surface area contributed by atoms with Crippen molar-refractivity contribution in [3.63, 3.8) is 0 Å². The van der Waals surface area contributed by atoms with Crippen LogP contribution in [0.2, 0.25) is 0 Å². The third kappa shape index (κ3) is 3.98. The lowest BCUT2D eigenvalue weighted by Gasteiger charge is -2.05. The van der Waals surface area contributed by atoms with Gasteiger partial charge < -0.3 is 9.90 Å². The molecule has 1 unspecified atom stereocenters. The molecule has 0 aromatic heterocycles. The standard InChI is InChI=1S/C13H16O2/c1-10(8-11(2)14)9-13(15)12-6-4-3-5-7-12/h3-7,9-10,15H,8H2,1-2H3/b13-9-. The molecule has 0 saturated carbocycles. The van der Waals surface area contributed by atoms with Gasteiger partial charge in [-0.15, -0.1) is 0 Å². The summed E-state index contributed by atoms with van der Waals surface area (Å²) in [4.78, 5) is 10.9. The molecule has 1 aromatic carbocycles. The highest BCUT2D eigenvalue weighted by molar-refractivity contribution is 5.76. The number of hydrogen-bond acceptors (Lipinski definition) is 2. The van der Waals surface area contributed by atoms with Gasteiger partial charge in [0, 0.05) is 12.0 Å². The number of Topliss-reactive ketones (excluding diaryl/α,β-unsaturated/α-hetero) is 1. The molecule has 0 spiro atoms. The second-order valence-corrected chi connectivity index (χ2v) is 3.80. The zero-order chi connectivity index (χ0) is 11.3. The molecule has 0 saturated heterocycles. The van der Waals surface area contributed by atoms with Crippen molar-refractivity contribution in [1.29, 1.82) is 0 Å². The second-order valence-electron chi connectivity index (χ2n) is 3.80. The van der Waals surface area contributed by atoms with E-state index in [-0.39, 0.29) is 17.5 Å². The fraction of sp³-hybridized carbons (Fsp3) is 0.308. The van der Waals surface area contributed by atoms with Crippen molar-refractivity contribution >= 4 is 11.5 Å². The third-order valence-electron chi connectivity index (χ3n) is 2.12. The van der Waals surface area contributed by atoms with E-state index >= 15 is 0 Å². The van der Waals surface area contributed by atoms with E-state index in [0.717, 1.165) is 5.56 Å². The Morgan fingerprint density at radius 1 is 1.40 bits per heavy atom. The van der Waals surface area contributed by atoms with Crippen LogP contribution in [-0.4, -0.2) is 10.9 Å². The van der Waals surface area contributed by atoms with Crippen LogP contribution in [0.3, 0.4) is 0 Å². The van der Waals surface area contributed by atoms with Crippen LogP contribution in [0, 0.1) is 5.92 Å². The lowest BCUT2D eigenvalue weighted by atomic mass is 10.0. The highest BCUT2D eigenvalue weighted by Crippen LogP contribution is 2.15. The topological polar surface area (TPSA) is 37.3 Å². The minimum atomic E-state index is 0.0720. The Morgan fingerprint density at radius 3 is 2.53 bits per heavy atom. The van der Waals surface area contributed by atoms with E-state index in [1.807, 2.05) is 37.3 Å². The Balaban J connectivity index is 2.71. The van der Waals surface area contributed by atoms with Gasteiger partial charge in [-0.05, 0) is 18.9 Å². The molecule has 80 valence electrons. The smallest absolute Gasteiger partial charge is 0.130 e. The van der Waals surface area contributed by atoms with E-state index < -0.39 is 0 Å². The molecule has 1 N–H and O–H groups in total. The maximum Gasteiger partial charge on any atom is 0.130 e. The number of aliphatic hydroxyl groups excluding tert-OH is 1. The van der Waals surface area contributed by atoms with Crippen LogP contribution in [-0.2, 0) is 4.79 Å². The average molecular weight is 204 g/mol. The van der Waals surface area contributed by atoms with Gasteiger partial charge in [-0.25, -0.2) is 0 Å². The fourth-order valence-electron chi connectivity index (χ4n) is 1.49. The number of ketones is 1. The van der Waals surface area contributed by atoms with Gasteiger partial charge in [-0.1, -0.05) is 37.3 Å². The summed E-state index contributed by atoms with van der Waals surface area (Å²) in [6.45, 7) is 3.48. The lowest BCUT2D eigenvalue weighted by molar-refractivity contribution is -0.117. The van der Waals surface area contributed by atoms with Gasteiger partial charge in [0.25, 0.3) is 0 Å². The monoisotopic (exact) mass is 204 g/mol. The summed E-state index contributed by atoms with van der Waals surface area (Å²) in [7, 11) is 0. The van der Waals surface area contributed by atoms with E-state index in [1.54, 1.807) is 13.0 Å². The summed E-state index contributed by atoms with van der Waals surface area (Å²) < 4.78 is 0. The van der Waals surface area contributed by atoms with Gasteiger partial charge in [0.15, 0.2) is 0 Å². The molecule has 0 aliphatic rings. The molecule has 0 bridgehead atoms. The van der Waals surface area contributed by atoms with Crippen molar-refractivity contribution in [3.05, 3.63) is 42.0 Å². The maximum absolute atomic E-state index is 10.9. The van der Waals surface area contributed by atoms with E-state index in [0.29, 0.717) is 6.42 Å². The van der Waals surface area contributed by atoms with E-state index in [4.69, 9.17) is 0 Å². The number of rotatable bonds is 4. The zero-order valence-corrected chi connectivity index (χ0v) is 9.10. The van der Waals surface area contributed by atoms with Gasteiger partial charge in [0.2, 0.25) is 0 Å². The maximum atomic E-state index is 10.9. The molecule has 1 rings (SSSR count). The molecule has 15 heavy (non-hydrogen) atoms. The Kier molecular flexibility index (Phi) is 4.10. The Morgan fingerprint density at radius 2 is 2.00 bits per heavy atom. The number of allylic oxidation sites excluding steroid dienone is 1. The van der Waals surface area contributed by atoms with Gasteiger partial charge in [-0.3, -0.25) is 0 Å². The molecule has 1 atom stereocenters. The summed E-state index contributed by atoms with van der Waals surface area (Å²) in [5.74, 6) is 0.451. The second kappa shape index (κ2) is 5.35. The molecule has 0 fully saturated rings. The van der Waals surface area contributed by atoms with Crippen molar-refractivity contribution in [1.82, 2.24) is 0 Å². The minimum Gasteiger partial charge on any atom is -0.508 e. The van der Waals surface area contributed by atoms with Crippen LogP contribution < -0.4 is 0 Å². The molecule has 2 heteroatoms. The van der Waals surface area contributed by atoms with Crippen LogP contribution >= 0.6 is 0 Å². The fourth-order valence-corrected chi connectivity index (χ4v) is 1.49. The highest BCUT2D eigenvalue weighted by Gasteiger charge is 2.05. The normalized spacial score (nSPS) is 13.6. The number of carbonyl (C=O) groups excluding carboxylic acids is 1. The van der Waals surface area contributed by atoms with Gasteiger partial charge in [0.1, 0.15) is 11.5 Å². The van der Waals surface area contributed by atoms with Crippen LogP contribution in [0.25, 0.3) is 5.76 Å². The van der Waals surface area contributed by atoms with Crippen LogP contribution in [0.5, 0.6) is 0 Å². The van der Waals surface area contributed by atoms with Crippen molar-refractivity contribution in [3.8, 4) is 0 Å². The van der Waals surface area contributed by atoms with E-state index in [2.05, 4.69) is 0 Å². The molecule has 2 nitrogen and oxygen atoms in total. The quantitative estimate of drug-likeness (QED) is 0.765. The number of aliphatic hydroxyl groups is 1. The molecule has 1 aromatic rings. The highest BCUT2D eigenvalue weighted by atomic mass is 16.3. The first-order valence-corrected chi connectivity index (χ1v) is 5.05. The van der Waals surface area contributed by atoms with Gasteiger partial charge >= 0.3 is 0 Å². The Bertz CT molecular complexity index is 352. The lowest BCUT2D eigenvalue weighted by Crippen LogP contribution is -1.99. The molecule has 0 aliphatic carbocycles. The van der Waals surface area contributed by atoms with Gasteiger partial charge in [0.05, 0.1) is 0 Å². The van der Waals surface area contributed by atoms with Crippen molar-refractivity contribution in [2.45, 2.75) is 20.3 Å². The summed E-state index contributed by atoms with van der Waals surface area (Å²) >= 11 is 0. The Hall–Kier alpha value is -1.57. The van der Waals surface area contributed by atoms with Crippen LogP contribution in [0.4, 0.5) is 0 Å². The molecular weight excluding hydrogens is 188 g/mol. The summed E-state index contributed by atoms with van der Waals surface area (Å²) in [6.07, 6.45) is 2.19. The molecule has 0 amide bonds. The number of benzene rings is 1. The third-order valence-corrected chi connectivity index (χ3v) is 2.12. The van der Waals surface area contributed by atoms with Gasteiger partial charge in [-0.2, -0.15) is 0 Å². The first-order valence-electron chi connectivity index (χ1n) is 5.05. The molecule has 0 aliphatic heterocycles. The molecular formula is C13H16O2. The Labute approximate surface area is 90.3 Å².